The molecule has 3 unspecified atom stereocenters. The van der Waals surface area contributed by atoms with Crippen LogP contribution in [0.4, 0.5) is 0 Å². The molecule has 0 bridgehead atoms. The molecule has 1 aromatic carbocycles. The van der Waals surface area contributed by atoms with Gasteiger partial charge in [0.25, 0.3) is 0 Å². The molecular formula is C17H26N2O. The van der Waals surface area contributed by atoms with E-state index in [0.29, 0.717) is 12.1 Å². The highest BCUT2D eigenvalue weighted by molar-refractivity contribution is 5.16. The number of likely N-dealkylation sites (tertiary alicyclic amines) is 1. The third-order valence-corrected chi connectivity index (χ3v) is 4.66. The van der Waals surface area contributed by atoms with Gasteiger partial charge in [0.1, 0.15) is 0 Å². The van der Waals surface area contributed by atoms with Crippen LogP contribution in [0.15, 0.2) is 30.3 Å². The molecule has 2 aliphatic rings. The summed E-state index contributed by atoms with van der Waals surface area (Å²) in [6.45, 7) is 3.70. The summed E-state index contributed by atoms with van der Waals surface area (Å²) in [6, 6.07) is 12.7. The molecule has 1 aliphatic carbocycles. The SMILES string of the molecule is CC1CC(NC(CO)Cc2ccccc2)CN1C1CC1. The van der Waals surface area contributed by atoms with Gasteiger partial charge >= 0.3 is 0 Å². The van der Waals surface area contributed by atoms with Crippen molar-refractivity contribution >= 4 is 0 Å². The Morgan fingerprint density at radius 2 is 2.05 bits per heavy atom. The van der Waals surface area contributed by atoms with Gasteiger partial charge in [0.15, 0.2) is 0 Å². The summed E-state index contributed by atoms with van der Waals surface area (Å²) in [6.07, 6.45) is 4.88. The molecule has 1 saturated carbocycles. The maximum atomic E-state index is 9.62. The Hall–Kier alpha value is -0.900. The summed E-state index contributed by atoms with van der Waals surface area (Å²) >= 11 is 0. The predicted molar refractivity (Wildman–Crippen MR) is 81.8 cm³/mol. The number of aliphatic hydroxyl groups excluding tert-OH is 1. The second-order valence-corrected chi connectivity index (χ2v) is 6.45. The highest BCUT2D eigenvalue weighted by Gasteiger charge is 2.39. The van der Waals surface area contributed by atoms with Crippen LogP contribution in [0.25, 0.3) is 0 Å². The quantitative estimate of drug-likeness (QED) is 0.830. The lowest BCUT2D eigenvalue weighted by Crippen LogP contribution is -2.43. The molecule has 1 aromatic rings. The Morgan fingerprint density at radius 3 is 2.70 bits per heavy atom. The van der Waals surface area contributed by atoms with Crippen molar-refractivity contribution in [3.05, 3.63) is 35.9 Å². The number of hydrogen-bond acceptors (Lipinski definition) is 3. The third-order valence-electron chi connectivity index (χ3n) is 4.66. The summed E-state index contributed by atoms with van der Waals surface area (Å²) in [7, 11) is 0. The zero-order valence-electron chi connectivity index (χ0n) is 12.3. The van der Waals surface area contributed by atoms with Gasteiger partial charge in [-0.15, -0.1) is 0 Å². The summed E-state index contributed by atoms with van der Waals surface area (Å²) < 4.78 is 0. The van der Waals surface area contributed by atoms with E-state index < -0.39 is 0 Å². The normalized spacial score (nSPS) is 28.7. The Kier molecular flexibility index (Phi) is 4.39. The summed E-state index contributed by atoms with van der Waals surface area (Å²) in [4.78, 5) is 2.65. The number of hydrogen-bond donors (Lipinski definition) is 2. The fraction of sp³-hybridized carbons (Fsp3) is 0.647. The van der Waals surface area contributed by atoms with Crippen LogP contribution in [-0.4, -0.2) is 47.3 Å². The minimum Gasteiger partial charge on any atom is -0.395 e. The van der Waals surface area contributed by atoms with E-state index in [2.05, 4.69) is 41.4 Å². The Morgan fingerprint density at radius 1 is 1.30 bits per heavy atom. The van der Waals surface area contributed by atoms with Crippen molar-refractivity contribution in [3.8, 4) is 0 Å². The van der Waals surface area contributed by atoms with Crippen LogP contribution in [0.2, 0.25) is 0 Å². The van der Waals surface area contributed by atoms with Crippen molar-refractivity contribution in [2.75, 3.05) is 13.2 Å². The van der Waals surface area contributed by atoms with E-state index in [4.69, 9.17) is 0 Å². The topological polar surface area (TPSA) is 35.5 Å². The molecule has 20 heavy (non-hydrogen) atoms. The van der Waals surface area contributed by atoms with Gasteiger partial charge in [0.2, 0.25) is 0 Å². The molecule has 3 rings (SSSR count). The fourth-order valence-electron chi connectivity index (χ4n) is 3.50. The average molecular weight is 274 g/mol. The summed E-state index contributed by atoms with van der Waals surface area (Å²) in [5.41, 5.74) is 1.30. The second-order valence-electron chi connectivity index (χ2n) is 6.45. The van der Waals surface area contributed by atoms with E-state index in [1.807, 2.05) is 6.07 Å². The monoisotopic (exact) mass is 274 g/mol. The van der Waals surface area contributed by atoms with E-state index >= 15 is 0 Å². The lowest BCUT2D eigenvalue weighted by molar-refractivity contribution is 0.224. The van der Waals surface area contributed by atoms with Crippen LogP contribution in [0.3, 0.4) is 0 Å². The van der Waals surface area contributed by atoms with Crippen molar-refractivity contribution in [1.82, 2.24) is 10.2 Å². The predicted octanol–water partition coefficient (Wildman–Crippen LogP) is 1.80. The first-order valence-corrected chi connectivity index (χ1v) is 7.93. The molecule has 1 aliphatic heterocycles. The largest absolute Gasteiger partial charge is 0.395 e. The van der Waals surface area contributed by atoms with Crippen LogP contribution in [0, 0.1) is 0 Å². The first-order chi connectivity index (χ1) is 9.76. The molecule has 3 heteroatoms. The molecule has 2 fully saturated rings. The summed E-state index contributed by atoms with van der Waals surface area (Å²) in [5.74, 6) is 0. The Labute approximate surface area is 122 Å². The van der Waals surface area contributed by atoms with Gasteiger partial charge in [-0.25, -0.2) is 0 Å². The zero-order chi connectivity index (χ0) is 13.9. The molecule has 0 amide bonds. The van der Waals surface area contributed by atoms with Gasteiger partial charge in [-0.3, -0.25) is 4.90 Å². The minimum atomic E-state index is 0.175. The van der Waals surface area contributed by atoms with E-state index in [1.54, 1.807) is 0 Å². The molecule has 1 saturated heterocycles. The van der Waals surface area contributed by atoms with Gasteiger partial charge in [-0.1, -0.05) is 30.3 Å². The first-order valence-electron chi connectivity index (χ1n) is 7.93. The molecule has 0 spiro atoms. The Balaban J connectivity index is 1.53. The maximum absolute atomic E-state index is 9.62. The summed E-state index contributed by atoms with van der Waals surface area (Å²) in [5, 5.41) is 13.3. The molecule has 110 valence electrons. The van der Waals surface area contributed by atoms with Gasteiger partial charge in [0.05, 0.1) is 6.61 Å². The molecule has 2 N–H and O–H groups in total. The van der Waals surface area contributed by atoms with Gasteiger partial charge in [-0.05, 0) is 38.2 Å². The minimum absolute atomic E-state index is 0.175. The van der Waals surface area contributed by atoms with Crippen molar-refractivity contribution in [1.29, 1.82) is 0 Å². The fourth-order valence-corrected chi connectivity index (χ4v) is 3.50. The molecular weight excluding hydrogens is 248 g/mol. The van der Waals surface area contributed by atoms with Gasteiger partial charge < -0.3 is 10.4 Å². The van der Waals surface area contributed by atoms with Crippen LogP contribution in [-0.2, 0) is 6.42 Å². The van der Waals surface area contributed by atoms with Crippen molar-refractivity contribution in [3.63, 3.8) is 0 Å². The lowest BCUT2D eigenvalue weighted by atomic mass is 10.0. The van der Waals surface area contributed by atoms with Crippen LogP contribution < -0.4 is 5.32 Å². The van der Waals surface area contributed by atoms with Gasteiger partial charge in [-0.2, -0.15) is 0 Å². The Bertz CT molecular complexity index is 418. The standard InChI is InChI=1S/C17H26N2O/c1-13-9-15(11-19(13)17-7-8-17)18-16(12-20)10-14-5-3-2-4-6-14/h2-6,13,15-18,20H,7-12H2,1H3. The highest BCUT2D eigenvalue weighted by atomic mass is 16.3. The smallest absolute Gasteiger partial charge is 0.0587 e. The van der Waals surface area contributed by atoms with Gasteiger partial charge in [0, 0.05) is 30.7 Å². The lowest BCUT2D eigenvalue weighted by Gasteiger charge is -2.22. The van der Waals surface area contributed by atoms with E-state index in [1.165, 1.54) is 24.8 Å². The van der Waals surface area contributed by atoms with Crippen molar-refractivity contribution < 1.29 is 5.11 Å². The van der Waals surface area contributed by atoms with Crippen LogP contribution in [0.5, 0.6) is 0 Å². The average Bonchev–Trinajstić information content (AvgIpc) is 3.24. The van der Waals surface area contributed by atoms with E-state index in [0.717, 1.165) is 19.0 Å². The van der Waals surface area contributed by atoms with Crippen molar-refractivity contribution in [2.45, 2.75) is 56.8 Å². The number of nitrogens with one attached hydrogen (secondary N) is 1. The molecule has 3 atom stereocenters. The zero-order valence-corrected chi connectivity index (χ0v) is 12.3. The van der Waals surface area contributed by atoms with Crippen LogP contribution >= 0.6 is 0 Å². The van der Waals surface area contributed by atoms with Crippen LogP contribution in [0.1, 0.15) is 31.7 Å². The number of benzene rings is 1. The molecule has 0 radical (unpaired) electrons. The number of nitrogens with zero attached hydrogens (tertiary/aromatic N) is 1. The number of rotatable bonds is 6. The molecule has 3 nitrogen and oxygen atoms in total. The number of aliphatic hydroxyl groups is 1. The van der Waals surface area contributed by atoms with E-state index in [-0.39, 0.29) is 12.6 Å². The van der Waals surface area contributed by atoms with Crippen molar-refractivity contribution in [2.24, 2.45) is 0 Å². The molecule has 1 heterocycles. The first kappa shape index (κ1) is 14.1. The highest BCUT2D eigenvalue weighted by Crippen LogP contribution is 2.33. The second kappa shape index (κ2) is 6.25. The molecule has 0 aromatic heterocycles. The third kappa shape index (κ3) is 3.40. The maximum Gasteiger partial charge on any atom is 0.0587 e. The van der Waals surface area contributed by atoms with E-state index in [9.17, 15) is 5.11 Å².